The van der Waals surface area contributed by atoms with Crippen molar-refractivity contribution in [3.8, 4) is 0 Å². The molecule has 12 saturated carbocycles. The lowest BCUT2D eigenvalue weighted by Crippen LogP contribution is -2.60. The van der Waals surface area contributed by atoms with E-state index >= 15 is 0 Å². The van der Waals surface area contributed by atoms with Crippen LogP contribution in [0.4, 0.5) is 0 Å². The van der Waals surface area contributed by atoms with Crippen LogP contribution in [0.5, 0.6) is 0 Å². The molecule has 22 nitrogen and oxygen atoms in total. The van der Waals surface area contributed by atoms with E-state index in [0.29, 0.717) is 85.2 Å². The molecule has 15 rings (SSSR count). The fourth-order valence-corrected chi connectivity index (χ4v) is 20.3. The Hall–Kier alpha value is -5.27. The number of cyclic esters (lactones) is 1. The van der Waals surface area contributed by atoms with Crippen LogP contribution in [-0.2, 0) is 100 Å². The van der Waals surface area contributed by atoms with Gasteiger partial charge in [0.15, 0.2) is 13.4 Å². The van der Waals surface area contributed by atoms with Gasteiger partial charge in [-0.25, -0.2) is 33.6 Å². The van der Waals surface area contributed by atoms with Crippen LogP contribution in [0.25, 0.3) is 0 Å². The molecule has 85 heavy (non-hydrogen) atoms. The molecule has 15 aliphatic rings. The Morgan fingerprint density at radius 3 is 1.45 bits per heavy atom. The summed E-state index contributed by atoms with van der Waals surface area (Å²) < 4.78 is 98.2. The molecule has 0 aromatic carbocycles. The van der Waals surface area contributed by atoms with E-state index in [1.807, 2.05) is 0 Å². The van der Waals surface area contributed by atoms with Crippen molar-refractivity contribution in [3.05, 3.63) is 60.8 Å². The average molecular weight is 1230 g/mol. The topological polar surface area (TPSA) is 300 Å². The Labute approximate surface area is 497 Å². The fourth-order valence-electron chi connectivity index (χ4n) is 16.5. The SMILES string of the molecule is C=C(C)C(=O)OC12CC3CC(CC(O)(C3)C1)C2.C=C(C)C(=O)OC1C2CC3C1OS(=O)(=O)C3C2.C=C(C)C(=O)OC1CCOC1=O.C=C(C)C(=O)OCC(=O)OC1C2CC3C1OS(=O)(=O)C3C2.C=C(C)C(=O)OCOC1C2CC3CC(C2)CC1C3. The average Bonchev–Trinajstić information content (AvgIpc) is 1.70. The molecule has 470 valence electrons. The summed E-state index contributed by atoms with van der Waals surface area (Å²) >= 11 is 0. The lowest BCUT2D eigenvalue weighted by atomic mass is 9.52. The van der Waals surface area contributed by atoms with Gasteiger partial charge < -0.3 is 43.0 Å². The van der Waals surface area contributed by atoms with Crippen molar-refractivity contribution in [1.82, 2.24) is 0 Å². The number of carbonyl (C=O) groups is 7. The van der Waals surface area contributed by atoms with Gasteiger partial charge in [0, 0.05) is 64.4 Å². The van der Waals surface area contributed by atoms with E-state index < -0.39 is 104 Å². The summed E-state index contributed by atoms with van der Waals surface area (Å²) in [6.45, 7) is 25.3. The van der Waals surface area contributed by atoms with E-state index in [2.05, 4.69) is 37.6 Å². The first-order valence-electron chi connectivity index (χ1n) is 29.6. The minimum Gasteiger partial charge on any atom is -0.463 e. The highest BCUT2D eigenvalue weighted by atomic mass is 32.2. The van der Waals surface area contributed by atoms with Gasteiger partial charge in [0.2, 0.25) is 6.10 Å². The number of aliphatic hydroxyl groups is 1. The van der Waals surface area contributed by atoms with E-state index in [4.69, 9.17) is 41.5 Å². The predicted molar refractivity (Wildman–Crippen MR) is 299 cm³/mol. The summed E-state index contributed by atoms with van der Waals surface area (Å²) in [5.74, 6) is 0.960. The molecule has 0 aromatic rings. The monoisotopic (exact) mass is 1230 g/mol. The van der Waals surface area contributed by atoms with Gasteiger partial charge >= 0.3 is 41.8 Å². The van der Waals surface area contributed by atoms with Crippen LogP contribution in [0.3, 0.4) is 0 Å². The van der Waals surface area contributed by atoms with E-state index in [1.54, 1.807) is 20.8 Å². The van der Waals surface area contributed by atoms with Gasteiger partial charge in [0.25, 0.3) is 20.2 Å². The molecule has 13 unspecified atom stereocenters. The highest BCUT2D eigenvalue weighted by Crippen LogP contribution is 2.60. The van der Waals surface area contributed by atoms with Crippen LogP contribution < -0.4 is 0 Å². The summed E-state index contributed by atoms with van der Waals surface area (Å²) in [6.07, 6.45) is 12.8. The smallest absolute Gasteiger partial charge is 0.347 e. The normalized spacial score (nSPS) is 39.5. The zero-order chi connectivity index (χ0) is 61.8. The maximum atomic E-state index is 11.8. The van der Waals surface area contributed by atoms with E-state index in [9.17, 15) is 55.5 Å². The molecule has 12 aliphatic carbocycles. The number of ether oxygens (including phenoxy) is 8. The van der Waals surface area contributed by atoms with Crippen molar-refractivity contribution in [2.45, 2.75) is 196 Å². The molecule has 0 aromatic heterocycles. The molecule has 12 bridgehead atoms. The van der Waals surface area contributed by atoms with Crippen molar-refractivity contribution in [2.24, 2.45) is 59.2 Å². The van der Waals surface area contributed by atoms with Gasteiger partial charge in [-0.2, -0.15) is 16.8 Å². The van der Waals surface area contributed by atoms with Crippen molar-refractivity contribution < 1.29 is 102 Å². The molecular weight excluding hydrogens is 1150 g/mol. The molecule has 13 atom stereocenters. The van der Waals surface area contributed by atoms with Crippen LogP contribution in [-0.4, -0.2) is 142 Å². The lowest BCUT2D eigenvalue weighted by molar-refractivity contribution is -0.217. The maximum Gasteiger partial charge on any atom is 0.347 e. The van der Waals surface area contributed by atoms with E-state index in [-0.39, 0.29) is 58.8 Å². The van der Waals surface area contributed by atoms with Gasteiger partial charge in [-0.05, 0) is 160 Å². The summed E-state index contributed by atoms with van der Waals surface area (Å²) in [5, 5.41) is 9.67. The van der Waals surface area contributed by atoms with Crippen LogP contribution in [0.2, 0.25) is 0 Å². The number of hydrogen-bond donors (Lipinski definition) is 1. The summed E-state index contributed by atoms with van der Waals surface area (Å²) in [7, 11) is -6.96. The Morgan fingerprint density at radius 1 is 0.541 bits per heavy atom. The van der Waals surface area contributed by atoms with Gasteiger partial charge in [-0.3, -0.25) is 8.37 Å². The minimum atomic E-state index is -3.53. The molecule has 0 radical (unpaired) electrons. The van der Waals surface area contributed by atoms with Crippen LogP contribution in [0.15, 0.2) is 60.8 Å². The quantitative estimate of drug-likeness (QED) is 0.0657. The summed E-state index contributed by atoms with van der Waals surface area (Å²) in [6, 6.07) is 0. The number of carbonyl (C=O) groups excluding carboxylic acids is 7. The summed E-state index contributed by atoms with van der Waals surface area (Å²) in [5.41, 5.74) is 0.723. The third kappa shape index (κ3) is 14.2. The Balaban J connectivity index is 0.000000128. The molecule has 0 spiro atoms. The van der Waals surface area contributed by atoms with E-state index in [0.717, 1.165) is 43.9 Å². The van der Waals surface area contributed by atoms with Gasteiger partial charge in [-0.15, -0.1) is 0 Å². The molecule has 3 heterocycles. The molecule has 3 saturated heterocycles. The molecule has 24 heteroatoms. The second-order valence-corrected chi connectivity index (χ2v) is 30.1. The van der Waals surface area contributed by atoms with E-state index in [1.165, 1.54) is 52.4 Å². The summed E-state index contributed by atoms with van der Waals surface area (Å²) in [4.78, 5) is 79.1. The minimum absolute atomic E-state index is 0.00284. The van der Waals surface area contributed by atoms with Crippen molar-refractivity contribution >= 4 is 62.0 Å². The zero-order valence-electron chi connectivity index (χ0n) is 49.2. The second kappa shape index (κ2) is 25.1. The van der Waals surface area contributed by atoms with Crippen LogP contribution in [0.1, 0.15) is 137 Å². The third-order valence-electron chi connectivity index (χ3n) is 19.4. The number of rotatable bonds is 14. The Morgan fingerprint density at radius 2 is 0.988 bits per heavy atom. The van der Waals surface area contributed by atoms with Crippen molar-refractivity contribution in [3.63, 3.8) is 0 Å². The third-order valence-corrected chi connectivity index (χ3v) is 23.0. The first-order valence-corrected chi connectivity index (χ1v) is 32.6. The first-order chi connectivity index (χ1) is 39.8. The fraction of sp³-hybridized carbons (Fsp3) is 0.721. The Bertz CT molecular complexity index is 2940. The maximum absolute atomic E-state index is 11.8. The Kier molecular flexibility index (Phi) is 18.9. The zero-order valence-corrected chi connectivity index (χ0v) is 50.8. The molecular formula is C61H82O22S2. The van der Waals surface area contributed by atoms with Gasteiger partial charge in [0.1, 0.15) is 30.0 Å². The van der Waals surface area contributed by atoms with Crippen molar-refractivity contribution in [1.29, 1.82) is 0 Å². The highest BCUT2D eigenvalue weighted by Gasteiger charge is 2.67. The molecule has 1 N–H and O–H groups in total. The number of fused-ring (bicyclic) bond motifs is 2. The number of esters is 7. The highest BCUT2D eigenvalue weighted by molar-refractivity contribution is 7.88. The van der Waals surface area contributed by atoms with Crippen molar-refractivity contribution in [2.75, 3.05) is 20.0 Å². The standard InChI is InChI=1S/C15H22O3.C14H20O3.C13H16O7S.C11H14O5S.C8H10O4/c1-9(2)15(16)18-8-17-14-12-4-10-3-11(6-12)7-13(14)5-10;1-9(2)12(15)17-14-6-10-3-11(7-14)5-13(16,4-10)8-14;1-6(2)13(15)18-5-10(14)19-11-7-3-8-9(4-7)21(16,17)20-12(8)11;1-5(2)11(12)15-9-6-3-7-8(4-6)17(13,14)16-10(7)9;1-5(2)7(9)12-6-3-4-11-8(6)10/h10-14H,1,3-8H2,2H3;10-11,16H,1,3-8H2,2H3;7-9,11-12H,1,3-5H2,2H3;6-10H,1,3-4H2,2H3;6H,1,3-4H2,2H3. The van der Waals surface area contributed by atoms with Crippen LogP contribution >= 0.6 is 0 Å². The molecule has 0 amide bonds. The largest absolute Gasteiger partial charge is 0.463 e. The predicted octanol–water partition coefficient (Wildman–Crippen LogP) is 6.28. The van der Waals surface area contributed by atoms with Gasteiger partial charge in [0.05, 0.1) is 28.8 Å². The lowest BCUT2D eigenvalue weighted by Gasteiger charge is -2.59. The van der Waals surface area contributed by atoms with Gasteiger partial charge in [-0.1, -0.05) is 32.9 Å². The van der Waals surface area contributed by atoms with Crippen LogP contribution in [0, 0.1) is 59.2 Å². The first kappa shape index (κ1) is 64.2. The molecule has 15 fully saturated rings. The number of hydrogen-bond acceptors (Lipinski definition) is 22. The molecule has 3 aliphatic heterocycles. The second-order valence-electron chi connectivity index (χ2n) is 26.5.